The van der Waals surface area contributed by atoms with Gasteiger partial charge < -0.3 is 10.6 Å². The number of hydrogen-bond acceptors (Lipinski definition) is 4. The summed E-state index contributed by atoms with van der Waals surface area (Å²) in [6.07, 6.45) is 0.842. The molecule has 1 saturated heterocycles. The number of carbonyl (C=O) groups is 1. The van der Waals surface area contributed by atoms with E-state index < -0.39 is 15.6 Å². The van der Waals surface area contributed by atoms with Crippen LogP contribution in [-0.2, 0) is 20.4 Å². The maximum Gasteiger partial charge on any atom is 0.238 e. The van der Waals surface area contributed by atoms with E-state index in [4.69, 9.17) is 5.73 Å². The van der Waals surface area contributed by atoms with Crippen molar-refractivity contribution < 1.29 is 13.2 Å². The van der Waals surface area contributed by atoms with Gasteiger partial charge in [-0.1, -0.05) is 28.1 Å². The summed E-state index contributed by atoms with van der Waals surface area (Å²) in [5, 5.41) is 0. The zero-order chi connectivity index (χ0) is 16.3. The van der Waals surface area contributed by atoms with E-state index in [1.807, 2.05) is 6.92 Å². The molecule has 0 aromatic heterocycles. The predicted molar refractivity (Wildman–Crippen MR) is 97.2 cm³/mol. The smallest absolute Gasteiger partial charge is 0.238 e. The molecule has 1 aromatic carbocycles. The van der Waals surface area contributed by atoms with E-state index in [1.54, 1.807) is 29.2 Å². The van der Waals surface area contributed by atoms with Crippen LogP contribution in [0.25, 0.3) is 0 Å². The fourth-order valence-corrected chi connectivity index (χ4v) is 4.43. The van der Waals surface area contributed by atoms with Gasteiger partial charge in [-0.2, -0.15) is 0 Å². The number of hydrogen-bond donors (Lipinski definition) is 1. The molecule has 1 aromatic rings. The van der Waals surface area contributed by atoms with Crippen molar-refractivity contribution in [1.82, 2.24) is 4.90 Å². The molecule has 23 heavy (non-hydrogen) atoms. The molecule has 2 rings (SSSR count). The Morgan fingerprint density at radius 1 is 1.35 bits per heavy atom. The van der Waals surface area contributed by atoms with Crippen LogP contribution in [0.5, 0.6) is 0 Å². The third kappa shape index (κ3) is 5.74. The summed E-state index contributed by atoms with van der Waals surface area (Å²) < 4.78 is 25.3. The molecule has 0 aliphatic carbocycles. The molecule has 1 aliphatic heterocycles. The van der Waals surface area contributed by atoms with Crippen LogP contribution in [-0.4, -0.2) is 44.1 Å². The first kappa shape index (κ1) is 20.4. The Morgan fingerprint density at radius 3 is 2.48 bits per heavy atom. The van der Waals surface area contributed by atoms with Crippen molar-refractivity contribution in [3.8, 4) is 0 Å². The van der Waals surface area contributed by atoms with Crippen molar-refractivity contribution in [3.05, 3.63) is 34.3 Å². The highest BCUT2D eigenvalue weighted by Gasteiger charge is 2.33. The fourth-order valence-electron chi connectivity index (χ4n) is 2.82. The Kier molecular flexibility index (Phi) is 7.51. The van der Waals surface area contributed by atoms with Crippen LogP contribution in [0.4, 0.5) is 0 Å². The number of carbonyl (C=O) groups excluding carboxylic acids is 1. The van der Waals surface area contributed by atoms with Gasteiger partial charge in [0.2, 0.25) is 5.91 Å². The molecule has 1 aliphatic rings. The van der Waals surface area contributed by atoms with Gasteiger partial charge in [0.15, 0.2) is 9.84 Å². The van der Waals surface area contributed by atoms with E-state index in [0.29, 0.717) is 18.7 Å². The highest BCUT2D eigenvalue weighted by molar-refractivity contribution is 9.10. The van der Waals surface area contributed by atoms with Crippen LogP contribution in [0.1, 0.15) is 18.9 Å². The first-order chi connectivity index (χ1) is 10.3. The molecule has 2 atom stereocenters. The minimum absolute atomic E-state index is 0. The number of rotatable bonds is 5. The molecular formula is C15H22BrClN2O3S. The minimum Gasteiger partial charge on any atom is -0.339 e. The van der Waals surface area contributed by atoms with Crippen molar-refractivity contribution in [3.63, 3.8) is 0 Å². The van der Waals surface area contributed by atoms with Gasteiger partial charge in [-0.15, -0.1) is 12.4 Å². The lowest BCUT2D eigenvalue weighted by atomic mass is 10.1. The second-order valence-electron chi connectivity index (χ2n) is 5.89. The maximum atomic E-state index is 12.3. The summed E-state index contributed by atoms with van der Waals surface area (Å²) in [7, 11) is -3.47. The monoisotopic (exact) mass is 424 g/mol. The van der Waals surface area contributed by atoms with E-state index >= 15 is 0 Å². The first-order valence-electron chi connectivity index (χ1n) is 7.25. The molecular weight excluding hydrogens is 404 g/mol. The first-order valence-corrected chi connectivity index (χ1v) is 9.86. The lowest BCUT2D eigenvalue weighted by Gasteiger charge is -2.21. The quantitative estimate of drug-likeness (QED) is 0.782. The normalized spacial score (nSPS) is 21.1. The minimum atomic E-state index is -3.47. The third-order valence-corrected chi connectivity index (χ3v) is 5.95. The van der Waals surface area contributed by atoms with Crippen molar-refractivity contribution in [2.24, 2.45) is 11.7 Å². The van der Waals surface area contributed by atoms with Crippen LogP contribution in [0, 0.1) is 5.92 Å². The Hall–Kier alpha value is -0.630. The van der Waals surface area contributed by atoms with Crippen LogP contribution < -0.4 is 5.73 Å². The molecule has 130 valence electrons. The number of nitrogens with zero attached hydrogens (tertiary/aromatic N) is 1. The Balaban J connectivity index is 0.00000264. The Labute approximate surface area is 152 Å². The number of sulfone groups is 1. The average molecular weight is 426 g/mol. The van der Waals surface area contributed by atoms with E-state index in [2.05, 4.69) is 15.9 Å². The molecule has 1 heterocycles. The lowest BCUT2D eigenvalue weighted by Crippen LogP contribution is -2.38. The highest BCUT2D eigenvalue weighted by atomic mass is 79.9. The van der Waals surface area contributed by atoms with Gasteiger partial charge in [0.1, 0.15) is 5.75 Å². The molecule has 0 saturated carbocycles. The van der Waals surface area contributed by atoms with Crippen molar-refractivity contribution in [1.29, 1.82) is 0 Å². The fraction of sp³-hybridized carbons (Fsp3) is 0.533. The van der Waals surface area contributed by atoms with Crippen LogP contribution in [0.15, 0.2) is 28.7 Å². The van der Waals surface area contributed by atoms with E-state index in [9.17, 15) is 13.2 Å². The van der Waals surface area contributed by atoms with Crippen LogP contribution >= 0.6 is 28.3 Å². The molecule has 0 spiro atoms. The van der Waals surface area contributed by atoms with Crippen molar-refractivity contribution in [2.75, 3.05) is 18.8 Å². The second-order valence-corrected chi connectivity index (χ2v) is 8.87. The van der Waals surface area contributed by atoms with Crippen molar-refractivity contribution in [2.45, 2.75) is 25.1 Å². The SMILES string of the molecule is CC1CC(CN)CN1C(=O)CS(=O)(=O)Cc1ccc(Br)cc1.Cl. The van der Waals surface area contributed by atoms with Gasteiger partial charge in [0, 0.05) is 17.1 Å². The number of nitrogens with two attached hydrogens (primary N) is 1. The summed E-state index contributed by atoms with van der Waals surface area (Å²) in [5.74, 6) is -0.604. The summed E-state index contributed by atoms with van der Waals surface area (Å²) in [4.78, 5) is 13.9. The largest absolute Gasteiger partial charge is 0.339 e. The molecule has 0 bridgehead atoms. The van der Waals surface area contributed by atoms with Gasteiger partial charge in [-0.3, -0.25) is 4.79 Å². The molecule has 2 unspecified atom stereocenters. The van der Waals surface area contributed by atoms with Gasteiger partial charge in [-0.25, -0.2) is 8.42 Å². The number of likely N-dealkylation sites (tertiary alicyclic amines) is 1. The number of amides is 1. The topological polar surface area (TPSA) is 80.5 Å². The zero-order valence-electron chi connectivity index (χ0n) is 12.9. The average Bonchev–Trinajstić information content (AvgIpc) is 2.82. The standard InChI is InChI=1S/C15H21BrN2O3S.ClH/c1-11-6-13(7-17)8-18(11)15(19)10-22(20,21)9-12-2-4-14(16)5-3-12;/h2-5,11,13H,6-10,17H2,1H3;1H. The summed E-state index contributed by atoms with van der Waals surface area (Å²) in [5.41, 5.74) is 6.33. The van der Waals surface area contributed by atoms with Gasteiger partial charge >= 0.3 is 0 Å². The molecule has 5 nitrogen and oxygen atoms in total. The van der Waals surface area contributed by atoms with Crippen LogP contribution in [0.3, 0.4) is 0 Å². The zero-order valence-corrected chi connectivity index (χ0v) is 16.2. The molecule has 1 amide bonds. The van der Waals surface area contributed by atoms with E-state index in [-0.39, 0.29) is 36.0 Å². The Bertz CT molecular complexity index is 637. The molecule has 0 radical (unpaired) electrons. The second kappa shape index (κ2) is 8.46. The summed E-state index contributed by atoms with van der Waals surface area (Å²) >= 11 is 3.31. The molecule has 1 fully saturated rings. The van der Waals surface area contributed by atoms with Gasteiger partial charge in [-0.05, 0) is 43.5 Å². The van der Waals surface area contributed by atoms with Crippen LogP contribution in [0.2, 0.25) is 0 Å². The van der Waals surface area contributed by atoms with E-state index in [1.165, 1.54) is 0 Å². The van der Waals surface area contributed by atoms with Gasteiger partial charge in [0.25, 0.3) is 0 Å². The highest BCUT2D eigenvalue weighted by Crippen LogP contribution is 2.22. The molecule has 8 heteroatoms. The summed E-state index contributed by atoms with van der Waals surface area (Å²) in [6.45, 7) is 3.03. The third-order valence-electron chi connectivity index (χ3n) is 3.96. The maximum absolute atomic E-state index is 12.3. The Morgan fingerprint density at radius 2 is 1.96 bits per heavy atom. The number of halogens is 2. The number of benzene rings is 1. The lowest BCUT2D eigenvalue weighted by molar-refractivity contribution is -0.129. The molecule has 2 N–H and O–H groups in total. The van der Waals surface area contributed by atoms with Crippen molar-refractivity contribution >= 4 is 44.1 Å². The summed E-state index contributed by atoms with van der Waals surface area (Å²) in [6, 6.07) is 7.13. The predicted octanol–water partition coefficient (Wildman–Crippen LogP) is 1.98. The van der Waals surface area contributed by atoms with E-state index in [0.717, 1.165) is 10.9 Å². The van der Waals surface area contributed by atoms with Gasteiger partial charge in [0.05, 0.1) is 5.75 Å².